The largest absolute Gasteiger partial charge is 0.495 e. The van der Waals surface area contributed by atoms with Crippen LogP contribution in [0.15, 0.2) is 16.6 Å². The Morgan fingerprint density at radius 2 is 2.05 bits per heavy atom. The minimum absolute atomic E-state index is 0.195. The number of hydrogen-bond acceptors (Lipinski definition) is 4. The third-order valence-corrected chi connectivity index (χ3v) is 5.65. The van der Waals surface area contributed by atoms with Crippen molar-refractivity contribution in [2.45, 2.75) is 37.3 Å². The van der Waals surface area contributed by atoms with Gasteiger partial charge >= 0.3 is 0 Å². The van der Waals surface area contributed by atoms with E-state index in [0.717, 1.165) is 41.7 Å². The van der Waals surface area contributed by atoms with Crippen LogP contribution in [0, 0.1) is 0 Å². The SMILES string of the molecule is COc1ccc(C2(O)CCN3CCCCC32)c(OC)c1Br. The fraction of sp³-hybridized carbons (Fsp3) is 0.625. The molecule has 2 saturated heterocycles. The molecule has 2 atom stereocenters. The van der Waals surface area contributed by atoms with Crippen molar-refractivity contribution >= 4 is 15.9 Å². The lowest BCUT2D eigenvalue weighted by atomic mass is 9.82. The van der Waals surface area contributed by atoms with E-state index in [2.05, 4.69) is 20.8 Å². The molecular formula is C16H22BrNO3. The number of halogens is 1. The summed E-state index contributed by atoms with van der Waals surface area (Å²) in [6, 6.07) is 4.03. The smallest absolute Gasteiger partial charge is 0.142 e. The second kappa shape index (κ2) is 5.78. The normalized spacial score (nSPS) is 29.2. The number of ether oxygens (including phenoxy) is 2. The molecule has 0 aromatic heterocycles. The van der Waals surface area contributed by atoms with Crippen LogP contribution in [0.3, 0.4) is 0 Å². The molecule has 0 saturated carbocycles. The van der Waals surface area contributed by atoms with Gasteiger partial charge in [0.15, 0.2) is 0 Å². The third-order valence-electron chi connectivity index (χ3n) is 4.90. The number of rotatable bonds is 3. The van der Waals surface area contributed by atoms with Crippen molar-refractivity contribution < 1.29 is 14.6 Å². The molecule has 2 fully saturated rings. The standard InChI is InChI=1S/C16H22BrNO3/c1-20-12-7-6-11(15(21-2)14(12)17)16(19)8-10-18-9-4-3-5-13(16)18/h6-7,13,19H,3-5,8-10H2,1-2H3. The first-order chi connectivity index (χ1) is 10.1. The Morgan fingerprint density at radius 3 is 2.76 bits per heavy atom. The lowest BCUT2D eigenvalue weighted by Crippen LogP contribution is -2.45. The molecule has 2 heterocycles. The van der Waals surface area contributed by atoms with E-state index in [1.807, 2.05) is 12.1 Å². The number of fused-ring (bicyclic) bond motifs is 1. The molecular weight excluding hydrogens is 334 g/mol. The first-order valence-electron chi connectivity index (χ1n) is 7.49. The van der Waals surface area contributed by atoms with Crippen LogP contribution in [0.2, 0.25) is 0 Å². The van der Waals surface area contributed by atoms with Crippen molar-refractivity contribution in [1.82, 2.24) is 4.90 Å². The van der Waals surface area contributed by atoms with Gasteiger partial charge in [-0.2, -0.15) is 0 Å². The fourth-order valence-corrected chi connectivity index (χ4v) is 4.50. The Kier molecular flexibility index (Phi) is 4.17. The molecule has 0 bridgehead atoms. The highest BCUT2D eigenvalue weighted by Gasteiger charge is 2.49. The summed E-state index contributed by atoms with van der Waals surface area (Å²) in [5.41, 5.74) is 0.0349. The van der Waals surface area contributed by atoms with Crippen LogP contribution in [0.1, 0.15) is 31.2 Å². The molecule has 0 radical (unpaired) electrons. The quantitative estimate of drug-likeness (QED) is 0.904. The maximum atomic E-state index is 11.4. The van der Waals surface area contributed by atoms with E-state index in [9.17, 15) is 5.11 Å². The van der Waals surface area contributed by atoms with Crippen molar-refractivity contribution in [3.05, 3.63) is 22.2 Å². The Hall–Kier alpha value is -0.780. The molecule has 2 aliphatic rings. The van der Waals surface area contributed by atoms with E-state index in [4.69, 9.17) is 9.47 Å². The summed E-state index contributed by atoms with van der Waals surface area (Å²) in [5, 5.41) is 11.4. The highest BCUT2D eigenvalue weighted by Crippen LogP contribution is 2.48. The first-order valence-corrected chi connectivity index (χ1v) is 8.28. The first kappa shape index (κ1) is 15.1. The minimum atomic E-state index is -0.833. The van der Waals surface area contributed by atoms with Gasteiger partial charge in [0.05, 0.1) is 14.2 Å². The summed E-state index contributed by atoms with van der Waals surface area (Å²) < 4.78 is 11.7. The zero-order valence-electron chi connectivity index (χ0n) is 12.6. The van der Waals surface area contributed by atoms with Crippen molar-refractivity contribution in [3.63, 3.8) is 0 Å². The number of nitrogens with zero attached hydrogens (tertiary/aromatic N) is 1. The summed E-state index contributed by atoms with van der Waals surface area (Å²) in [4.78, 5) is 2.42. The molecule has 21 heavy (non-hydrogen) atoms. The van der Waals surface area contributed by atoms with Gasteiger partial charge in [-0.25, -0.2) is 0 Å². The molecule has 4 nitrogen and oxygen atoms in total. The Morgan fingerprint density at radius 1 is 1.24 bits per heavy atom. The van der Waals surface area contributed by atoms with E-state index >= 15 is 0 Å². The van der Waals surface area contributed by atoms with Gasteiger partial charge in [0.1, 0.15) is 21.6 Å². The number of methoxy groups -OCH3 is 2. The van der Waals surface area contributed by atoms with E-state index in [1.165, 1.54) is 12.8 Å². The van der Waals surface area contributed by atoms with Gasteiger partial charge in [-0.05, 0) is 53.9 Å². The van der Waals surface area contributed by atoms with Crippen LogP contribution < -0.4 is 9.47 Å². The zero-order valence-corrected chi connectivity index (χ0v) is 14.1. The number of benzene rings is 1. The lowest BCUT2D eigenvalue weighted by molar-refractivity contribution is -0.0155. The lowest BCUT2D eigenvalue weighted by Gasteiger charge is -2.38. The van der Waals surface area contributed by atoms with Gasteiger partial charge in [0.2, 0.25) is 0 Å². The molecule has 2 aliphatic heterocycles. The van der Waals surface area contributed by atoms with Crippen LogP contribution in [0.25, 0.3) is 0 Å². The summed E-state index contributed by atoms with van der Waals surface area (Å²) in [5.74, 6) is 1.40. The van der Waals surface area contributed by atoms with Gasteiger partial charge < -0.3 is 14.6 Å². The highest BCUT2D eigenvalue weighted by atomic mass is 79.9. The predicted molar refractivity (Wildman–Crippen MR) is 85.0 cm³/mol. The molecule has 5 heteroatoms. The average molecular weight is 356 g/mol. The molecule has 0 amide bonds. The summed E-state index contributed by atoms with van der Waals surface area (Å²) in [7, 11) is 3.27. The molecule has 1 aromatic rings. The van der Waals surface area contributed by atoms with Gasteiger partial charge in [-0.15, -0.1) is 0 Å². The predicted octanol–water partition coefficient (Wildman–Crippen LogP) is 2.91. The van der Waals surface area contributed by atoms with Gasteiger partial charge in [-0.1, -0.05) is 6.42 Å². The summed E-state index contributed by atoms with van der Waals surface area (Å²) in [6.45, 7) is 2.04. The van der Waals surface area contributed by atoms with Crippen LogP contribution in [-0.4, -0.2) is 43.4 Å². The van der Waals surface area contributed by atoms with Crippen molar-refractivity contribution in [3.8, 4) is 11.5 Å². The number of aliphatic hydroxyl groups is 1. The Bertz CT molecular complexity index is 536. The van der Waals surface area contributed by atoms with Crippen LogP contribution in [0.4, 0.5) is 0 Å². The summed E-state index contributed by atoms with van der Waals surface area (Å²) in [6.07, 6.45) is 4.22. The molecule has 2 unspecified atom stereocenters. The van der Waals surface area contributed by atoms with Crippen LogP contribution in [0.5, 0.6) is 11.5 Å². The van der Waals surface area contributed by atoms with Crippen LogP contribution >= 0.6 is 15.9 Å². The van der Waals surface area contributed by atoms with Crippen molar-refractivity contribution in [2.75, 3.05) is 27.3 Å². The average Bonchev–Trinajstić information content (AvgIpc) is 2.86. The van der Waals surface area contributed by atoms with Gasteiger partial charge in [0, 0.05) is 18.2 Å². The second-order valence-corrected chi connectivity index (χ2v) is 6.68. The summed E-state index contributed by atoms with van der Waals surface area (Å²) >= 11 is 3.54. The maximum absolute atomic E-state index is 11.4. The van der Waals surface area contributed by atoms with E-state index in [1.54, 1.807) is 14.2 Å². The van der Waals surface area contributed by atoms with Crippen LogP contribution in [-0.2, 0) is 5.60 Å². The van der Waals surface area contributed by atoms with E-state index in [-0.39, 0.29) is 6.04 Å². The molecule has 0 spiro atoms. The molecule has 3 rings (SSSR count). The molecule has 1 aromatic carbocycles. The van der Waals surface area contributed by atoms with Crippen molar-refractivity contribution in [2.24, 2.45) is 0 Å². The molecule has 116 valence electrons. The minimum Gasteiger partial charge on any atom is -0.495 e. The van der Waals surface area contributed by atoms with E-state index < -0.39 is 5.60 Å². The van der Waals surface area contributed by atoms with Gasteiger partial charge in [0.25, 0.3) is 0 Å². The third kappa shape index (κ3) is 2.35. The molecule has 0 aliphatic carbocycles. The molecule has 1 N–H and O–H groups in total. The maximum Gasteiger partial charge on any atom is 0.142 e. The second-order valence-electron chi connectivity index (χ2n) is 5.88. The van der Waals surface area contributed by atoms with Crippen molar-refractivity contribution in [1.29, 1.82) is 0 Å². The Labute approximate surface area is 134 Å². The fourth-order valence-electron chi connectivity index (χ4n) is 3.83. The Balaban J connectivity index is 2.05. The number of hydrogen-bond donors (Lipinski definition) is 1. The topological polar surface area (TPSA) is 41.9 Å². The van der Waals surface area contributed by atoms with E-state index in [0.29, 0.717) is 5.75 Å². The zero-order chi connectivity index (χ0) is 15.0. The van der Waals surface area contributed by atoms with Gasteiger partial charge in [-0.3, -0.25) is 4.90 Å². The highest BCUT2D eigenvalue weighted by molar-refractivity contribution is 9.10. The monoisotopic (exact) mass is 355 g/mol. The number of piperidine rings is 1.